The summed E-state index contributed by atoms with van der Waals surface area (Å²) in [5, 5.41) is 0. The van der Waals surface area contributed by atoms with Crippen LogP contribution in [0, 0.1) is 22.2 Å². The quantitative estimate of drug-likeness (QED) is 0.554. The van der Waals surface area contributed by atoms with Crippen molar-refractivity contribution in [2.24, 2.45) is 22.2 Å². The van der Waals surface area contributed by atoms with Gasteiger partial charge in [0.25, 0.3) is 0 Å². The van der Waals surface area contributed by atoms with Gasteiger partial charge in [-0.2, -0.15) is 0 Å². The van der Waals surface area contributed by atoms with Gasteiger partial charge in [0.15, 0.2) is 6.79 Å². The first kappa shape index (κ1) is 17.5. The molecule has 0 radical (unpaired) electrons. The monoisotopic (exact) mass is 284 g/mol. The van der Waals surface area contributed by atoms with Gasteiger partial charge < -0.3 is 9.47 Å². The summed E-state index contributed by atoms with van der Waals surface area (Å²) in [6, 6.07) is 0. The maximum Gasteiger partial charge on any atom is 0.313 e. The van der Waals surface area contributed by atoms with Gasteiger partial charge in [-0.15, -0.1) is 0 Å². The Morgan fingerprint density at radius 3 is 2.00 bits per heavy atom. The molecule has 1 aliphatic carbocycles. The lowest BCUT2D eigenvalue weighted by atomic mass is 9.81. The van der Waals surface area contributed by atoms with Crippen LogP contribution >= 0.6 is 0 Å². The van der Waals surface area contributed by atoms with Crippen LogP contribution in [-0.4, -0.2) is 18.9 Å². The van der Waals surface area contributed by atoms with Crippen LogP contribution in [0.2, 0.25) is 0 Å². The minimum absolute atomic E-state index is 0.0620. The molecule has 0 amide bonds. The lowest BCUT2D eigenvalue weighted by molar-refractivity contribution is -0.184. The van der Waals surface area contributed by atoms with E-state index >= 15 is 0 Å². The zero-order valence-corrected chi connectivity index (χ0v) is 14.5. The molecule has 0 aromatic heterocycles. The van der Waals surface area contributed by atoms with E-state index in [0.717, 1.165) is 12.8 Å². The normalized spacial score (nSPS) is 22.2. The third-order valence-corrected chi connectivity index (χ3v) is 5.23. The number of carbonyl (C=O) groups excluding carboxylic acids is 1. The topological polar surface area (TPSA) is 35.5 Å². The highest BCUT2D eigenvalue weighted by atomic mass is 16.7. The van der Waals surface area contributed by atoms with Gasteiger partial charge in [-0.25, -0.2) is 0 Å². The van der Waals surface area contributed by atoms with E-state index in [1.165, 1.54) is 0 Å². The highest BCUT2D eigenvalue weighted by Gasteiger charge is 2.48. The van der Waals surface area contributed by atoms with Crippen molar-refractivity contribution in [2.75, 3.05) is 6.79 Å². The Hall–Kier alpha value is -0.570. The summed E-state index contributed by atoms with van der Waals surface area (Å²) < 4.78 is 11.3. The smallest absolute Gasteiger partial charge is 0.313 e. The molecule has 0 spiro atoms. The molecular formula is C17H32O3. The van der Waals surface area contributed by atoms with Gasteiger partial charge in [-0.05, 0) is 43.4 Å². The van der Waals surface area contributed by atoms with E-state index < -0.39 is 5.41 Å². The molecule has 0 bridgehead atoms. The molecule has 0 atom stereocenters. The second-order valence-corrected chi connectivity index (χ2v) is 8.45. The van der Waals surface area contributed by atoms with Gasteiger partial charge in [0.2, 0.25) is 0 Å². The first-order valence-electron chi connectivity index (χ1n) is 7.70. The minimum atomic E-state index is -0.468. The van der Waals surface area contributed by atoms with Gasteiger partial charge in [-0.3, -0.25) is 4.79 Å². The second kappa shape index (κ2) is 5.67. The van der Waals surface area contributed by atoms with E-state index in [-0.39, 0.29) is 35.6 Å². The summed E-state index contributed by atoms with van der Waals surface area (Å²) in [7, 11) is 0. The number of hydrogen-bond acceptors (Lipinski definition) is 3. The minimum Gasteiger partial charge on any atom is -0.438 e. The maximum atomic E-state index is 12.1. The largest absolute Gasteiger partial charge is 0.438 e. The van der Waals surface area contributed by atoms with Crippen molar-refractivity contribution < 1.29 is 14.3 Å². The summed E-state index contributed by atoms with van der Waals surface area (Å²) in [5.41, 5.74) is -0.184. The molecular weight excluding hydrogens is 252 g/mol. The molecule has 3 heteroatoms. The standard InChI is InChI=1S/C17H32O3/c1-12(2)17(7,8)14(18)20-11-19-13-15(3,4)9-10-16(13,5)6/h12-13H,9-11H2,1-8H3. The van der Waals surface area contributed by atoms with E-state index in [1.807, 2.05) is 27.7 Å². The molecule has 1 aliphatic rings. The van der Waals surface area contributed by atoms with E-state index in [9.17, 15) is 4.79 Å². The molecule has 0 aromatic carbocycles. The molecule has 20 heavy (non-hydrogen) atoms. The van der Waals surface area contributed by atoms with Crippen molar-refractivity contribution in [1.82, 2.24) is 0 Å². The van der Waals surface area contributed by atoms with E-state index in [4.69, 9.17) is 9.47 Å². The Morgan fingerprint density at radius 2 is 1.60 bits per heavy atom. The van der Waals surface area contributed by atoms with Crippen LogP contribution in [0.15, 0.2) is 0 Å². The van der Waals surface area contributed by atoms with Crippen LogP contribution in [0.25, 0.3) is 0 Å². The lowest BCUT2D eigenvalue weighted by Gasteiger charge is -2.35. The zero-order valence-electron chi connectivity index (χ0n) is 14.5. The Morgan fingerprint density at radius 1 is 1.15 bits per heavy atom. The first-order valence-corrected chi connectivity index (χ1v) is 7.70. The summed E-state index contributed by atoms with van der Waals surface area (Å²) in [6.07, 6.45) is 2.43. The Balaban J connectivity index is 2.54. The molecule has 0 aromatic rings. The Kier molecular flexibility index (Phi) is 4.95. The van der Waals surface area contributed by atoms with E-state index in [1.54, 1.807) is 0 Å². The van der Waals surface area contributed by atoms with E-state index in [2.05, 4.69) is 27.7 Å². The predicted octanol–water partition coefficient (Wildman–Crippen LogP) is 4.40. The lowest BCUT2D eigenvalue weighted by Crippen LogP contribution is -2.38. The summed E-state index contributed by atoms with van der Waals surface area (Å²) in [4.78, 5) is 12.1. The molecule has 1 fully saturated rings. The van der Waals surface area contributed by atoms with Crippen LogP contribution in [-0.2, 0) is 14.3 Å². The fourth-order valence-corrected chi connectivity index (χ4v) is 2.99. The number of carbonyl (C=O) groups is 1. The van der Waals surface area contributed by atoms with Gasteiger partial charge in [0.05, 0.1) is 11.5 Å². The van der Waals surface area contributed by atoms with Crippen molar-refractivity contribution in [3.05, 3.63) is 0 Å². The Bertz CT molecular complexity index is 337. The summed E-state index contributed by atoms with van der Waals surface area (Å²) in [6.45, 7) is 16.9. The molecule has 3 nitrogen and oxygen atoms in total. The summed E-state index contributed by atoms with van der Waals surface area (Å²) >= 11 is 0. The highest BCUT2D eigenvalue weighted by Crippen LogP contribution is 2.50. The zero-order chi connectivity index (χ0) is 15.8. The number of rotatable bonds is 5. The van der Waals surface area contributed by atoms with Crippen LogP contribution in [0.1, 0.15) is 68.2 Å². The van der Waals surface area contributed by atoms with Crippen molar-refractivity contribution in [3.63, 3.8) is 0 Å². The van der Waals surface area contributed by atoms with Gasteiger partial charge in [0.1, 0.15) is 0 Å². The van der Waals surface area contributed by atoms with Crippen LogP contribution in [0.5, 0.6) is 0 Å². The molecule has 0 unspecified atom stereocenters. The number of hydrogen-bond donors (Lipinski definition) is 0. The molecule has 118 valence electrons. The fraction of sp³-hybridized carbons (Fsp3) is 0.941. The van der Waals surface area contributed by atoms with Crippen molar-refractivity contribution in [2.45, 2.75) is 74.3 Å². The number of ether oxygens (including phenoxy) is 2. The molecule has 1 saturated carbocycles. The number of esters is 1. The Labute approximate surface area is 124 Å². The SMILES string of the molecule is CC(C)C(C)(C)C(=O)OCOC1C(C)(C)CCC1(C)C. The van der Waals surface area contributed by atoms with Crippen molar-refractivity contribution in [1.29, 1.82) is 0 Å². The molecule has 0 saturated heterocycles. The summed E-state index contributed by atoms with van der Waals surface area (Å²) in [5.74, 6) is 0.0653. The third-order valence-electron chi connectivity index (χ3n) is 5.23. The molecule has 1 rings (SSSR count). The van der Waals surface area contributed by atoms with Crippen molar-refractivity contribution in [3.8, 4) is 0 Å². The van der Waals surface area contributed by atoms with Gasteiger partial charge in [-0.1, -0.05) is 41.5 Å². The van der Waals surface area contributed by atoms with Gasteiger partial charge >= 0.3 is 5.97 Å². The van der Waals surface area contributed by atoms with E-state index in [0.29, 0.717) is 0 Å². The average Bonchev–Trinajstić information content (AvgIpc) is 2.50. The average molecular weight is 284 g/mol. The molecule has 0 aliphatic heterocycles. The third kappa shape index (κ3) is 3.55. The van der Waals surface area contributed by atoms with Crippen LogP contribution in [0.3, 0.4) is 0 Å². The maximum absolute atomic E-state index is 12.1. The first-order chi connectivity index (χ1) is 8.91. The van der Waals surface area contributed by atoms with Crippen LogP contribution in [0.4, 0.5) is 0 Å². The highest BCUT2D eigenvalue weighted by molar-refractivity contribution is 5.76. The van der Waals surface area contributed by atoms with Crippen LogP contribution < -0.4 is 0 Å². The fourth-order valence-electron chi connectivity index (χ4n) is 2.99. The van der Waals surface area contributed by atoms with Gasteiger partial charge in [0, 0.05) is 0 Å². The molecule has 0 heterocycles. The predicted molar refractivity (Wildman–Crippen MR) is 81.2 cm³/mol. The molecule has 0 N–H and O–H groups in total. The van der Waals surface area contributed by atoms with Crippen molar-refractivity contribution >= 4 is 5.97 Å². The second-order valence-electron chi connectivity index (χ2n) is 8.45.